The molecule has 18 heavy (non-hydrogen) atoms. The molecule has 0 aliphatic rings. The Morgan fingerprint density at radius 1 is 1.17 bits per heavy atom. The van der Waals surface area contributed by atoms with Crippen LogP contribution in [-0.4, -0.2) is 60.4 Å². The summed E-state index contributed by atoms with van der Waals surface area (Å²) in [5.74, 6) is 1.68. The number of likely N-dealkylation sites (N-methyl/N-ethyl adjacent to an activating group) is 1. The topological polar surface area (TPSA) is 77.4 Å². The van der Waals surface area contributed by atoms with Gasteiger partial charge < -0.3 is 20.2 Å². The highest BCUT2D eigenvalue weighted by atomic mass is 16.3. The van der Waals surface area contributed by atoms with Crippen molar-refractivity contribution >= 4 is 17.8 Å². The third kappa shape index (κ3) is 3.99. The fourth-order valence-electron chi connectivity index (χ4n) is 1.44. The van der Waals surface area contributed by atoms with Crippen LogP contribution >= 0.6 is 0 Å². The predicted molar refractivity (Wildman–Crippen MR) is 73.3 cm³/mol. The van der Waals surface area contributed by atoms with E-state index in [0.29, 0.717) is 24.4 Å². The smallest absolute Gasteiger partial charge is 0.231 e. The molecule has 1 aromatic rings. The Labute approximate surface area is 108 Å². The van der Waals surface area contributed by atoms with Gasteiger partial charge in [0.05, 0.1) is 6.10 Å². The second-order valence-electron chi connectivity index (χ2n) is 4.41. The maximum Gasteiger partial charge on any atom is 0.231 e. The van der Waals surface area contributed by atoms with Gasteiger partial charge in [0, 0.05) is 34.2 Å². The second kappa shape index (κ2) is 6.34. The number of nitrogens with one attached hydrogen (secondary N) is 1. The first-order valence-electron chi connectivity index (χ1n) is 6.00. The van der Waals surface area contributed by atoms with Crippen LogP contribution in [0.4, 0.5) is 17.8 Å². The fraction of sp³-hybridized carbons (Fsp3) is 0.727. The highest BCUT2D eigenvalue weighted by molar-refractivity contribution is 5.44. The first-order valence-corrected chi connectivity index (χ1v) is 6.00. The van der Waals surface area contributed by atoms with E-state index in [1.807, 2.05) is 33.0 Å². The number of aliphatic hydroxyl groups is 1. The van der Waals surface area contributed by atoms with Crippen LogP contribution in [0, 0.1) is 0 Å². The lowest BCUT2D eigenvalue weighted by Gasteiger charge is -2.21. The molecule has 102 valence electrons. The molecule has 0 bridgehead atoms. The van der Waals surface area contributed by atoms with Crippen molar-refractivity contribution in [1.82, 2.24) is 15.0 Å². The van der Waals surface area contributed by atoms with Crippen LogP contribution < -0.4 is 15.1 Å². The molecule has 7 nitrogen and oxygen atoms in total. The highest BCUT2D eigenvalue weighted by Crippen LogP contribution is 2.14. The van der Waals surface area contributed by atoms with Gasteiger partial charge in [0.1, 0.15) is 0 Å². The molecule has 7 heteroatoms. The normalized spacial score (nSPS) is 12.1. The van der Waals surface area contributed by atoms with Gasteiger partial charge in [-0.05, 0) is 13.8 Å². The Hall–Kier alpha value is -1.63. The lowest BCUT2D eigenvalue weighted by molar-refractivity contribution is 0.201. The van der Waals surface area contributed by atoms with Crippen molar-refractivity contribution in [3.63, 3.8) is 0 Å². The van der Waals surface area contributed by atoms with E-state index < -0.39 is 6.10 Å². The van der Waals surface area contributed by atoms with E-state index in [2.05, 4.69) is 20.3 Å². The summed E-state index contributed by atoms with van der Waals surface area (Å²) in [5, 5.41) is 12.5. The number of anilines is 3. The van der Waals surface area contributed by atoms with Gasteiger partial charge in [-0.2, -0.15) is 15.0 Å². The monoisotopic (exact) mass is 254 g/mol. The van der Waals surface area contributed by atoms with E-state index in [1.54, 1.807) is 11.8 Å². The van der Waals surface area contributed by atoms with Crippen molar-refractivity contribution in [3.05, 3.63) is 0 Å². The summed E-state index contributed by atoms with van der Waals surface area (Å²) >= 11 is 0. The van der Waals surface area contributed by atoms with Crippen LogP contribution in [0.15, 0.2) is 0 Å². The number of hydrogen-bond acceptors (Lipinski definition) is 7. The van der Waals surface area contributed by atoms with E-state index in [4.69, 9.17) is 0 Å². The Balaban J connectivity index is 3.02. The van der Waals surface area contributed by atoms with Gasteiger partial charge in [-0.25, -0.2) is 0 Å². The first kappa shape index (κ1) is 14.4. The van der Waals surface area contributed by atoms with Crippen LogP contribution in [0.2, 0.25) is 0 Å². The Morgan fingerprint density at radius 3 is 2.28 bits per heavy atom. The van der Waals surface area contributed by atoms with Gasteiger partial charge in [0.25, 0.3) is 0 Å². The summed E-state index contributed by atoms with van der Waals surface area (Å²) in [7, 11) is 5.60. The summed E-state index contributed by atoms with van der Waals surface area (Å²) in [5.41, 5.74) is 0. The van der Waals surface area contributed by atoms with Gasteiger partial charge in [0.15, 0.2) is 0 Å². The minimum Gasteiger partial charge on any atom is -0.392 e. The van der Waals surface area contributed by atoms with Gasteiger partial charge >= 0.3 is 0 Å². The number of aromatic nitrogens is 3. The molecule has 1 rings (SSSR count). The zero-order chi connectivity index (χ0) is 13.7. The quantitative estimate of drug-likeness (QED) is 0.750. The molecular weight excluding hydrogens is 232 g/mol. The third-order valence-corrected chi connectivity index (χ3v) is 2.23. The van der Waals surface area contributed by atoms with E-state index in [9.17, 15) is 5.11 Å². The van der Waals surface area contributed by atoms with Gasteiger partial charge in [-0.1, -0.05) is 0 Å². The van der Waals surface area contributed by atoms with Crippen LogP contribution in [-0.2, 0) is 0 Å². The van der Waals surface area contributed by atoms with Gasteiger partial charge in [-0.3, -0.25) is 0 Å². The number of hydrogen-bond donors (Lipinski definition) is 2. The maximum atomic E-state index is 9.40. The molecular formula is C11H22N6O. The second-order valence-corrected chi connectivity index (χ2v) is 4.41. The molecule has 1 aromatic heterocycles. The van der Waals surface area contributed by atoms with Crippen molar-refractivity contribution in [3.8, 4) is 0 Å². The number of nitrogens with zero attached hydrogens (tertiary/aromatic N) is 5. The van der Waals surface area contributed by atoms with E-state index in [0.717, 1.165) is 6.54 Å². The van der Waals surface area contributed by atoms with Crippen molar-refractivity contribution < 1.29 is 5.11 Å². The molecule has 0 aromatic carbocycles. The Kier molecular flexibility index (Phi) is 5.08. The molecule has 1 heterocycles. The molecule has 0 saturated heterocycles. The third-order valence-electron chi connectivity index (χ3n) is 2.23. The Bertz CT molecular complexity index is 382. The van der Waals surface area contributed by atoms with Crippen LogP contribution in [0.1, 0.15) is 13.8 Å². The van der Waals surface area contributed by atoms with Crippen LogP contribution in [0.5, 0.6) is 0 Å². The highest BCUT2D eigenvalue weighted by Gasteiger charge is 2.12. The van der Waals surface area contributed by atoms with Crippen molar-refractivity contribution in [2.75, 3.05) is 49.3 Å². The fourth-order valence-corrected chi connectivity index (χ4v) is 1.44. The largest absolute Gasteiger partial charge is 0.392 e. The number of rotatable bonds is 6. The molecule has 0 saturated carbocycles. The zero-order valence-electron chi connectivity index (χ0n) is 11.7. The zero-order valence-corrected chi connectivity index (χ0v) is 11.7. The van der Waals surface area contributed by atoms with Crippen molar-refractivity contribution in [1.29, 1.82) is 0 Å². The molecule has 0 radical (unpaired) electrons. The summed E-state index contributed by atoms with van der Waals surface area (Å²) < 4.78 is 0. The van der Waals surface area contributed by atoms with Crippen LogP contribution in [0.3, 0.4) is 0 Å². The maximum absolute atomic E-state index is 9.40. The molecule has 0 aliphatic carbocycles. The van der Waals surface area contributed by atoms with E-state index >= 15 is 0 Å². The summed E-state index contributed by atoms with van der Waals surface area (Å²) in [6.45, 7) is 4.94. The summed E-state index contributed by atoms with van der Waals surface area (Å²) in [6.07, 6.45) is -0.433. The number of aliphatic hydroxyl groups excluding tert-OH is 1. The predicted octanol–water partition coefficient (Wildman–Crippen LogP) is 0.186. The van der Waals surface area contributed by atoms with Crippen molar-refractivity contribution in [2.24, 2.45) is 0 Å². The van der Waals surface area contributed by atoms with E-state index in [1.165, 1.54) is 0 Å². The summed E-state index contributed by atoms with van der Waals surface area (Å²) in [4.78, 5) is 16.6. The average molecular weight is 254 g/mol. The van der Waals surface area contributed by atoms with Gasteiger partial charge in [0.2, 0.25) is 17.8 Å². The molecule has 2 N–H and O–H groups in total. The Morgan fingerprint density at radius 2 is 1.78 bits per heavy atom. The van der Waals surface area contributed by atoms with Crippen LogP contribution in [0.25, 0.3) is 0 Å². The minimum absolute atomic E-state index is 0.433. The lowest BCUT2D eigenvalue weighted by Crippen LogP contribution is -2.29. The van der Waals surface area contributed by atoms with Gasteiger partial charge in [-0.15, -0.1) is 0 Å². The first-order chi connectivity index (χ1) is 8.43. The SMILES string of the molecule is CCNc1nc(N(C)C)nc(N(C)CC(C)O)n1. The molecule has 0 aliphatic heterocycles. The lowest BCUT2D eigenvalue weighted by atomic mass is 10.4. The van der Waals surface area contributed by atoms with E-state index in [-0.39, 0.29) is 0 Å². The summed E-state index contributed by atoms with van der Waals surface area (Å²) in [6, 6.07) is 0. The van der Waals surface area contributed by atoms with Crippen molar-refractivity contribution in [2.45, 2.75) is 20.0 Å². The minimum atomic E-state index is -0.433. The molecule has 1 atom stereocenters. The molecule has 0 spiro atoms. The molecule has 0 fully saturated rings. The molecule has 0 amide bonds. The molecule has 1 unspecified atom stereocenters. The average Bonchev–Trinajstić information content (AvgIpc) is 2.28. The standard InChI is InChI=1S/C11H22N6O/c1-6-12-9-13-10(16(3)4)15-11(14-9)17(5)7-8(2)18/h8,18H,6-7H2,1-5H3,(H,12,13,14,15).